The number of ether oxygens (including phenoxy) is 1. The molecular weight excluding hydrogens is 437 g/mol. The molecule has 1 aromatic heterocycles. The first-order valence-corrected chi connectivity index (χ1v) is 11.5. The summed E-state index contributed by atoms with van der Waals surface area (Å²) < 4.78 is 49.1. The van der Waals surface area contributed by atoms with Gasteiger partial charge in [0.1, 0.15) is 11.4 Å². The van der Waals surface area contributed by atoms with Crippen molar-refractivity contribution in [2.24, 2.45) is 0 Å². The van der Waals surface area contributed by atoms with Crippen molar-refractivity contribution >= 4 is 27.5 Å². The van der Waals surface area contributed by atoms with Gasteiger partial charge in [0.2, 0.25) is 15.7 Å². The molecule has 0 spiro atoms. The van der Waals surface area contributed by atoms with Crippen LogP contribution in [-0.2, 0) is 26.7 Å². The van der Waals surface area contributed by atoms with Gasteiger partial charge in [0.25, 0.3) is 0 Å². The molecule has 0 aliphatic carbocycles. The average molecular weight is 462 g/mol. The van der Waals surface area contributed by atoms with Crippen LogP contribution in [0.2, 0.25) is 5.02 Å². The molecule has 8 nitrogen and oxygen atoms in total. The summed E-state index contributed by atoms with van der Waals surface area (Å²) in [7, 11) is -4.03. The smallest absolute Gasteiger partial charge is 0.407 e. The van der Waals surface area contributed by atoms with E-state index in [2.05, 4.69) is 15.5 Å². The molecule has 0 atom stereocenters. The van der Waals surface area contributed by atoms with E-state index >= 15 is 0 Å². The topological polar surface area (TPSA) is 111 Å². The molecule has 0 fully saturated rings. The minimum Gasteiger partial charge on any atom is -0.444 e. The minimum absolute atomic E-state index is 0.0123. The first-order valence-electron chi connectivity index (χ1n) is 9.43. The zero-order valence-corrected chi connectivity index (χ0v) is 18.6. The molecule has 2 aromatic rings. The van der Waals surface area contributed by atoms with E-state index in [1.165, 1.54) is 12.1 Å². The Balaban J connectivity index is 1.79. The van der Waals surface area contributed by atoms with E-state index in [-0.39, 0.29) is 16.5 Å². The Morgan fingerprint density at radius 1 is 1.23 bits per heavy atom. The number of aryl methyl sites for hydroxylation is 1. The molecule has 0 aliphatic rings. The van der Waals surface area contributed by atoms with Crippen molar-refractivity contribution in [2.45, 2.75) is 63.0 Å². The lowest BCUT2D eigenvalue weighted by molar-refractivity contribution is 0.0527. The lowest BCUT2D eigenvalue weighted by atomic mass is 10.2. The Kier molecular flexibility index (Phi) is 8.19. The summed E-state index contributed by atoms with van der Waals surface area (Å²) in [5, 5.41) is 9.42. The molecule has 30 heavy (non-hydrogen) atoms. The molecule has 1 heterocycles. The van der Waals surface area contributed by atoms with E-state index in [0.717, 1.165) is 12.5 Å². The lowest BCUT2D eigenvalue weighted by Crippen LogP contribution is -2.32. The predicted molar refractivity (Wildman–Crippen MR) is 108 cm³/mol. The van der Waals surface area contributed by atoms with Crippen molar-refractivity contribution < 1.29 is 26.8 Å². The number of alkyl carbamates (subject to hydrolysis) is 1. The highest BCUT2D eigenvalue weighted by Crippen LogP contribution is 2.24. The zero-order chi connectivity index (χ0) is 22.4. The molecule has 2 rings (SSSR count). The molecule has 0 saturated heterocycles. The Bertz CT molecular complexity index is 953. The second kappa shape index (κ2) is 10.2. The van der Waals surface area contributed by atoms with Crippen molar-refractivity contribution in [3.8, 4) is 0 Å². The summed E-state index contributed by atoms with van der Waals surface area (Å²) in [4.78, 5) is 11.5. The maximum absolute atomic E-state index is 13.9. The van der Waals surface area contributed by atoms with E-state index in [4.69, 9.17) is 20.8 Å². The number of unbranched alkanes of at least 4 members (excludes halogenated alkanes) is 2. The molecule has 1 N–H and O–H groups in total. The lowest BCUT2D eigenvalue weighted by Gasteiger charge is -2.19. The summed E-state index contributed by atoms with van der Waals surface area (Å²) in [5.41, 5.74) is -0.686. The van der Waals surface area contributed by atoms with Crippen LogP contribution < -0.4 is 5.32 Å². The van der Waals surface area contributed by atoms with Crippen molar-refractivity contribution in [2.75, 3.05) is 6.54 Å². The van der Waals surface area contributed by atoms with Crippen LogP contribution in [0.5, 0.6) is 0 Å². The third kappa shape index (κ3) is 7.56. The van der Waals surface area contributed by atoms with Crippen LogP contribution in [0.1, 0.15) is 51.5 Å². The first kappa shape index (κ1) is 24.1. The van der Waals surface area contributed by atoms with Crippen molar-refractivity contribution in [3.63, 3.8) is 0 Å². The molecule has 11 heteroatoms. The standard InChI is InChI=1S/C19H25ClFN3O5S/c1-19(2,3)29-17(25)22-11-6-4-5-10-16-23-24-18(28-16)30(26,27)12-13-14(20)8-7-9-15(13)21/h7-9H,4-6,10-12H2,1-3H3,(H,22,25). The highest BCUT2D eigenvalue weighted by molar-refractivity contribution is 7.90. The van der Waals surface area contributed by atoms with Crippen LogP contribution in [0, 0.1) is 5.82 Å². The third-order valence-electron chi connectivity index (χ3n) is 3.85. The highest BCUT2D eigenvalue weighted by atomic mass is 35.5. The summed E-state index contributed by atoms with van der Waals surface area (Å²) in [6, 6.07) is 3.93. The van der Waals surface area contributed by atoms with Crippen molar-refractivity contribution in [3.05, 3.63) is 40.5 Å². The number of aromatic nitrogens is 2. The van der Waals surface area contributed by atoms with E-state index in [9.17, 15) is 17.6 Å². The fourth-order valence-corrected chi connectivity index (χ4v) is 3.96. The molecule has 1 amide bonds. The second-order valence-electron chi connectivity index (χ2n) is 7.66. The van der Waals surface area contributed by atoms with Gasteiger partial charge in [-0.2, -0.15) is 0 Å². The zero-order valence-electron chi connectivity index (χ0n) is 17.1. The number of hydrogen-bond donors (Lipinski definition) is 1. The number of rotatable bonds is 9. The quantitative estimate of drug-likeness (QED) is 0.560. The SMILES string of the molecule is CC(C)(C)OC(=O)NCCCCCc1nnc(S(=O)(=O)Cc2c(F)cccc2Cl)o1. The Morgan fingerprint density at radius 3 is 2.63 bits per heavy atom. The number of benzene rings is 1. The van der Waals surface area contributed by atoms with Gasteiger partial charge in [-0.05, 0) is 45.7 Å². The molecule has 0 saturated carbocycles. The Labute approximate surface area is 180 Å². The molecule has 1 aromatic carbocycles. The summed E-state index contributed by atoms with van der Waals surface area (Å²) >= 11 is 5.88. The summed E-state index contributed by atoms with van der Waals surface area (Å²) in [6.45, 7) is 5.82. The van der Waals surface area contributed by atoms with Crippen molar-refractivity contribution in [1.82, 2.24) is 15.5 Å². The molecule has 166 valence electrons. The van der Waals surface area contributed by atoms with Crippen LogP contribution in [-0.4, -0.2) is 36.9 Å². The third-order valence-corrected chi connectivity index (χ3v) is 5.57. The summed E-state index contributed by atoms with van der Waals surface area (Å²) in [5.74, 6) is -1.21. The van der Waals surface area contributed by atoms with Gasteiger partial charge in [-0.3, -0.25) is 0 Å². The van der Waals surface area contributed by atoms with Gasteiger partial charge in [-0.15, -0.1) is 5.10 Å². The van der Waals surface area contributed by atoms with Crippen LogP contribution in [0.4, 0.5) is 9.18 Å². The van der Waals surface area contributed by atoms with E-state index in [1.54, 1.807) is 20.8 Å². The summed E-state index contributed by atoms with van der Waals surface area (Å²) in [6.07, 6.45) is 2.05. The van der Waals surface area contributed by atoms with E-state index < -0.39 is 38.3 Å². The molecular formula is C19H25ClFN3O5S. The number of nitrogens with one attached hydrogen (secondary N) is 1. The predicted octanol–water partition coefficient (Wildman–Crippen LogP) is 4.07. The highest BCUT2D eigenvalue weighted by Gasteiger charge is 2.25. The number of carbonyl (C=O) groups excluding carboxylic acids is 1. The molecule has 0 unspecified atom stereocenters. The van der Waals surface area contributed by atoms with Crippen LogP contribution in [0.3, 0.4) is 0 Å². The normalized spacial score (nSPS) is 12.0. The largest absolute Gasteiger partial charge is 0.444 e. The molecule has 0 radical (unpaired) electrons. The van der Waals surface area contributed by atoms with Crippen LogP contribution >= 0.6 is 11.6 Å². The van der Waals surface area contributed by atoms with Gasteiger partial charge in [-0.25, -0.2) is 17.6 Å². The van der Waals surface area contributed by atoms with Gasteiger partial charge in [0.05, 0.1) is 5.75 Å². The minimum atomic E-state index is -4.03. The number of carbonyl (C=O) groups is 1. The van der Waals surface area contributed by atoms with E-state index in [1.807, 2.05) is 0 Å². The van der Waals surface area contributed by atoms with Crippen LogP contribution in [0.25, 0.3) is 0 Å². The number of halogens is 2. The van der Waals surface area contributed by atoms with Gasteiger partial charge in [0.15, 0.2) is 0 Å². The van der Waals surface area contributed by atoms with E-state index in [0.29, 0.717) is 25.8 Å². The van der Waals surface area contributed by atoms with Crippen molar-refractivity contribution in [1.29, 1.82) is 0 Å². The van der Waals surface area contributed by atoms with Gasteiger partial charge in [-0.1, -0.05) is 29.2 Å². The molecule has 0 bridgehead atoms. The number of sulfone groups is 1. The van der Waals surface area contributed by atoms with Gasteiger partial charge in [0, 0.05) is 23.6 Å². The fourth-order valence-electron chi connectivity index (χ4n) is 2.47. The number of hydrogen-bond acceptors (Lipinski definition) is 7. The first-order chi connectivity index (χ1) is 14.0. The average Bonchev–Trinajstić information content (AvgIpc) is 3.10. The number of amides is 1. The molecule has 0 aliphatic heterocycles. The maximum Gasteiger partial charge on any atom is 0.407 e. The maximum atomic E-state index is 13.9. The number of nitrogens with zero attached hydrogens (tertiary/aromatic N) is 2. The monoisotopic (exact) mass is 461 g/mol. The van der Waals surface area contributed by atoms with Crippen LogP contribution in [0.15, 0.2) is 27.8 Å². The second-order valence-corrected chi connectivity index (χ2v) is 9.93. The van der Waals surface area contributed by atoms with Gasteiger partial charge >= 0.3 is 11.3 Å². The van der Waals surface area contributed by atoms with Gasteiger partial charge < -0.3 is 14.5 Å². The Morgan fingerprint density at radius 2 is 1.97 bits per heavy atom. The fraction of sp³-hybridized carbons (Fsp3) is 0.526. The Hall–Kier alpha value is -2.20.